The molecule has 34 heavy (non-hydrogen) atoms. The minimum absolute atomic E-state index is 0.0717. The zero-order valence-electron chi connectivity index (χ0n) is 17.2. The molecule has 0 aliphatic heterocycles. The fourth-order valence-corrected chi connectivity index (χ4v) is 2.50. The van der Waals surface area contributed by atoms with Crippen LogP contribution in [0.2, 0.25) is 0 Å². The molecule has 0 saturated carbocycles. The average Bonchev–Trinajstić information content (AvgIpc) is 2.84. The molecule has 0 atom stereocenters. The van der Waals surface area contributed by atoms with E-state index in [0.717, 1.165) is 0 Å². The largest absolute Gasteiger partial charge is 0.289 e. The zero-order chi connectivity index (χ0) is 24.5. The van der Waals surface area contributed by atoms with E-state index in [9.17, 15) is 29.8 Å². The number of aromatic nitrogens is 1. The lowest BCUT2D eigenvalue weighted by atomic mass is 10.2. The van der Waals surface area contributed by atoms with Crippen molar-refractivity contribution in [2.24, 2.45) is 10.2 Å². The van der Waals surface area contributed by atoms with Gasteiger partial charge in [0.15, 0.2) is 0 Å². The van der Waals surface area contributed by atoms with Crippen molar-refractivity contribution in [2.75, 3.05) is 0 Å². The summed E-state index contributed by atoms with van der Waals surface area (Å²) >= 11 is 0. The summed E-state index contributed by atoms with van der Waals surface area (Å²) in [5.74, 6) is -1.36. The van der Waals surface area contributed by atoms with Crippen LogP contribution in [0.25, 0.3) is 0 Å². The fourth-order valence-electron chi connectivity index (χ4n) is 2.50. The minimum Gasteiger partial charge on any atom is -0.266 e. The Morgan fingerprint density at radius 2 is 1.09 bits per heavy atom. The van der Waals surface area contributed by atoms with Gasteiger partial charge < -0.3 is 0 Å². The van der Waals surface area contributed by atoms with Crippen molar-refractivity contribution in [3.05, 3.63) is 109 Å². The van der Waals surface area contributed by atoms with Gasteiger partial charge in [0.2, 0.25) is 0 Å². The number of pyridine rings is 1. The molecule has 0 radical (unpaired) electrons. The molecule has 0 aliphatic carbocycles. The summed E-state index contributed by atoms with van der Waals surface area (Å²) in [6.45, 7) is 0. The van der Waals surface area contributed by atoms with Gasteiger partial charge in [0, 0.05) is 24.3 Å². The lowest BCUT2D eigenvalue weighted by molar-refractivity contribution is -0.385. The van der Waals surface area contributed by atoms with Gasteiger partial charge in [-0.25, -0.2) is 15.8 Å². The van der Waals surface area contributed by atoms with E-state index in [1.54, 1.807) is 0 Å². The summed E-state index contributed by atoms with van der Waals surface area (Å²) in [5, 5.41) is 28.8. The van der Waals surface area contributed by atoms with Gasteiger partial charge in [-0.15, -0.1) is 0 Å². The third-order valence-electron chi connectivity index (χ3n) is 4.18. The molecule has 0 unspecified atom stereocenters. The standard InChI is InChI=1S/C21H15N7O6/c29-20(25-22-12-14-4-8-16(9-5-14)27(31)32)18-2-1-3-19(24-18)21(30)26-23-13-15-6-10-17(11-7-15)28(33)34/h1-13H,(H,25,29)(H,26,30). The van der Waals surface area contributed by atoms with Crippen LogP contribution in [0.4, 0.5) is 11.4 Å². The lowest BCUT2D eigenvalue weighted by Gasteiger charge is -2.03. The highest BCUT2D eigenvalue weighted by Gasteiger charge is 2.12. The van der Waals surface area contributed by atoms with Gasteiger partial charge in [-0.3, -0.25) is 29.8 Å². The van der Waals surface area contributed by atoms with Crippen LogP contribution in [0.3, 0.4) is 0 Å². The van der Waals surface area contributed by atoms with E-state index in [1.165, 1.54) is 79.2 Å². The van der Waals surface area contributed by atoms with Crippen molar-refractivity contribution in [3.63, 3.8) is 0 Å². The minimum atomic E-state index is -0.679. The molecular weight excluding hydrogens is 446 g/mol. The Kier molecular flexibility index (Phi) is 7.42. The van der Waals surface area contributed by atoms with Crippen molar-refractivity contribution in [1.29, 1.82) is 0 Å². The molecule has 3 aromatic rings. The molecule has 1 heterocycles. The highest BCUT2D eigenvalue weighted by atomic mass is 16.6. The van der Waals surface area contributed by atoms with E-state index in [1.807, 2.05) is 0 Å². The fraction of sp³-hybridized carbons (Fsp3) is 0. The van der Waals surface area contributed by atoms with E-state index >= 15 is 0 Å². The van der Waals surface area contributed by atoms with Gasteiger partial charge in [0.25, 0.3) is 23.2 Å². The van der Waals surface area contributed by atoms with Crippen molar-refractivity contribution >= 4 is 35.6 Å². The van der Waals surface area contributed by atoms with Gasteiger partial charge in [0.1, 0.15) is 11.4 Å². The number of nitro groups is 2. The Hall–Kier alpha value is -5.33. The molecule has 13 nitrogen and oxygen atoms in total. The van der Waals surface area contributed by atoms with Gasteiger partial charge in [0.05, 0.1) is 22.3 Å². The molecular formula is C21H15N7O6. The molecule has 3 rings (SSSR count). The first-order valence-electron chi connectivity index (χ1n) is 9.46. The molecule has 0 bridgehead atoms. The maximum atomic E-state index is 12.2. The average molecular weight is 461 g/mol. The number of amides is 2. The van der Waals surface area contributed by atoms with Gasteiger partial charge >= 0.3 is 0 Å². The number of hydrogen-bond donors (Lipinski definition) is 2. The number of benzene rings is 2. The maximum absolute atomic E-state index is 12.2. The van der Waals surface area contributed by atoms with Crippen molar-refractivity contribution < 1.29 is 19.4 Å². The van der Waals surface area contributed by atoms with Crippen LogP contribution in [0.1, 0.15) is 32.1 Å². The Labute approximate surface area is 191 Å². The van der Waals surface area contributed by atoms with Crippen LogP contribution in [-0.2, 0) is 0 Å². The number of non-ortho nitro benzene ring substituents is 2. The van der Waals surface area contributed by atoms with E-state index in [2.05, 4.69) is 26.0 Å². The molecule has 0 aliphatic rings. The first-order chi connectivity index (χ1) is 16.3. The number of nitro benzene ring substituents is 2. The highest BCUT2D eigenvalue weighted by molar-refractivity contribution is 5.97. The van der Waals surface area contributed by atoms with E-state index < -0.39 is 21.7 Å². The van der Waals surface area contributed by atoms with Crippen LogP contribution in [0.5, 0.6) is 0 Å². The molecule has 2 N–H and O–H groups in total. The molecule has 0 spiro atoms. The molecule has 0 saturated heterocycles. The van der Waals surface area contributed by atoms with Crippen LogP contribution in [0, 0.1) is 20.2 Å². The second kappa shape index (κ2) is 10.8. The predicted molar refractivity (Wildman–Crippen MR) is 121 cm³/mol. The summed E-state index contributed by atoms with van der Waals surface area (Å²) in [7, 11) is 0. The quantitative estimate of drug-likeness (QED) is 0.293. The number of rotatable bonds is 8. The van der Waals surface area contributed by atoms with Crippen molar-refractivity contribution in [3.8, 4) is 0 Å². The molecule has 13 heteroatoms. The number of hydrogen-bond acceptors (Lipinski definition) is 9. The third-order valence-corrected chi connectivity index (χ3v) is 4.18. The smallest absolute Gasteiger partial charge is 0.266 e. The highest BCUT2D eigenvalue weighted by Crippen LogP contribution is 2.11. The predicted octanol–water partition coefficient (Wildman–Crippen LogP) is 2.43. The molecule has 1 aromatic heterocycles. The number of carbonyl (C=O) groups is 2. The number of nitrogens with zero attached hydrogens (tertiary/aromatic N) is 5. The Balaban J connectivity index is 1.57. The van der Waals surface area contributed by atoms with Crippen LogP contribution in [-0.4, -0.2) is 39.1 Å². The Morgan fingerprint density at radius 1 is 0.706 bits per heavy atom. The molecule has 2 aromatic carbocycles. The first kappa shape index (κ1) is 23.3. The number of nitrogens with one attached hydrogen (secondary N) is 2. The summed E-state index contributed by atoms with van der Waals surface area (Å²) in [5.41, 5.74) is 5.26. The van der Waals surface area contributed by atoms with Crippen molar-refractivity contribution in [1.82, 2.24) is 15.8 Å². The maximum Gasteiger partial charge on any atom is 0.289 e. The van der Waals surface area contributed by atoms with E-state index in [4.69, 9.17) is 0 Å². The third kappa shape index (κ3) is 6.34. The van der Waals surface area contributed by atoms with Crippen LogP contribution >= 0.6 is 0 Å². The number of hydrazone groups is 2. The Morgan fingerprint density at radius 3 is 1.44 bits per heavy atom. The van der Waals surface area contributed by atoms with Gasteiger partial charge in [-0.05, 0) is 47.5 Å². The van der Waals surface area contributed by atoms with Crippen LogP contribution < -0.4 is 10.9 Å². The number of carbonyl (C=O) groups excluding carboxylic acids is 2. The summed E-state index contributed by atoms with van der Waals surface area (Å²) < 4.78 is 0. The SMILES string of the molecule is O=C(NN=Cc1ccc([N+](=O)[O-])cc1)c1cccc(C(=O)NN=Cc2ccc([N+](=O)[O-])cc2)n1. The summed E-state index contributed by atoms with van der Waals surface area (Å²) in [6, 6.07) is 15.3. The van der Waals surface area contributed by atoms with Crippen molar-refractivity contribution in [2.45, 2.75) is 0 Å². The summed E-state index contributed by atoms with van der Waals surface area (Å²) in [6.07, 6.45) is 2.59. The second-order valence-electron chi connectivity index (χ2n) is 6.50. The monoisotopic (exact) mass is 461 g/mol. The van der Waals surface area contributed by atoms with Crippen LogP contribution in [0.15, 0.2) is 76.9 Å². The topological polar surface area (TPSA) is 182 Å². The molecule has 170 valence electrons. The first-order valence-corrected chi connectivity index (χ1v) is 9.46. The lowest BCUT2D eigenvalue weighted by Crippen LogP contribution is -2.23. The molecule has 0 fully saturated rings. The normalized spacial score (nSPS) is 10.8. The van der Waals surface area contributed by atoms with Gasteiger partial charge in [-0.2, -0.15) is 10.2 Å². The molecule has 2 amide bonds. The zero-order valence-corrected chi connectivity index (χ0v) is 17.2. The van der Waals surface area contributed by atoms with E-state index in [-0.39, 0.29) is 22.8 Å². The van der Waals surface area contributed by atoms with E-state index in [0.29, 0.717) is 11.1 Å². The van der Waals surface area contributed by atoms with Gasteiger partial charge in [-0.1, -0.05) is 6.07 Å². The Bertz CT molecular complexity index is 1190. The second-order valence-corrected chi connectivity index (χ2v) is 6.50. The summed E-state index contributed by atoms with van der Waals surface area (Å²) in [4.78, 5) is 48.7.